The number of phenols is 1. The summed E-state index contributed by atoms with van der Waals surface area (Å²) in [6.07, 6.45) is 1.31. The molecule has 2 aromatic carbocycles. The molecule has 1 heterocycles. The molecule has 1 aromatic heterocycles. The van der Waals surface area contributed by atoms with E-state index in [0.717, 1.165) is 0 Å². The molecule has 0 atom stereocenters. The number of anilines is 1. The van der Waals surface area contributed by atoms with Gasteiger partial charge in [-0.3, -0.25) is 10.1 Å². The van der Waals surface area contributed by atoms with Gasteiger partial charge in [-0.25, -0.2) is 9.97 Å². The van der Waals surface area contributed by atoms with Gasteiger partial charge < -0.3 is 10.8 Å². The topological polar surface area (TPSA) is 115 Å². The fourth-order valence-corrected chi connectivity index (χ4v) is 2.21. The number of hydrogen-bond acceptors (Lipinski definition) is 6. The third-order valence-corrected chi connectivity index (χ3v) is 3.28. The number of rotatable bonds is 1. The zero-order valence-electron chi connectivity index (χ0n) is 11.2. The molecule has 0 unspecified atom stereocenters. The number of halogens is 1. The van der Waals surface area contributed by atoms with Gasteiger partial charge in [-0.05, 0) is 28.1 Å². The fraction of sp³-hybridized carbons (Fsp3) is 0. The first kappa shape index (κ1) is 15.6. The van der Waals surface area contributed by atoms with Crippen molar-refractivity contribution in [2.75, 3.05) is 5.73 Å². The number of nitrogens with two attached hydrogens (primary N) is 1. The third-order valence-electron chi connectivity index (χ3n) is 2.67. The highest BCUT2D eigenvalue weighted by molar-refractivity contribution is 9.10. The summed E-state index contributed by atoms with van der Waals surface area (Å²) in [6.45, 7) is 0. The first-order valence-electron chi connectivity index (χ1n) is 6.07. The van der Waals surface area contributed by atoms with Gasteiger partial charge in [-0.15, -0.1) is 0 Å². The highest BCUT2D eigenvalue weighted by atomic mass is 79.9. The Hall–Kier alpha value is -2.74. The third kappa shape index (κ3) is 3.67. The molecule has 3 aromatic rings. The lowest BCUT2D eigenvalue weighted by Crippen LogP contribution is -1.95. The van der Waals surface area contributed by atoms with E-state index in [9.17, 15) is 10.1 Å². The van der Waals surface area contributed by atoms with Crippen molar-refractivity contribution in [1.29, 1.82) is 0 Å². The number of nitrogen functional groups attached to an aromatic ring is 1. The van der Waals surface area contributed by atoms with Crippen molar-refractivity contribution >= 4 is 38.3 Å². The van der Waals surface area contributed by atoms with Gasteiger partial charge in [-0.2, -0.15) is 0 Å². The maximum Gasteiger partial charge on any atom is 0.271 e. The zero-order chi connectivity index (χ0) is 16.1. The summed E-state index contributed by atoms with van der Waals surface area (Å²) >= 11 is 3.20. The van der Waals surface area contributed by atoms with E-state index >= 15 is 0 Å². The van der Waals surface area contributed by atoms with Crippen molar-refractivity contribution < 1.29 is 10.0 Å². The highest BCUT2D eigenvalue weighted by Crippen LogP contribution is 2.29. The van der Waals surface area contributed by atoms with Crippen LogP contribution in [0.3, 0.4) is 0 Å². The van der Waals surface area contributed by atoms with Gasteiger partial charge in [0.1, 0.15) is 17.9 Å². The summed E-state index contributed by atoms with van der Waals surface area (Å²) in [5.74, 6) is 0.548. The SMILES string of the molecule is Nc1ncnc2c(Br)cc([N+](=O)[O-])cc12.Oc1ccccc1. The van der Waals surface area contributed by atoms with Crippen LogP contribution in [0.5, 0.6) is 5.75 Å². The average molecular weight is 363 g/mol. The minimum atomic E-state index is -0.489. The number of fused-ring (bicyclic) bond motifs is 1. The van der Waals surface area contributed by atoms with E-state index in [4.69, 9.17) is 10.8 Å². The second kappa shape index (κ2) is 6.81. The molecule has 0 aliphatic rings. The van der Waals surface area contributed by atoms with Crippen LogP contribution in [0.15, 0.2) is 53.3 Å². The Balaban J connectivity index is 0.000000211. The number of benzene rings is 2. The van der Waals surface area contributed by atoms with Crippen LogP contribution in [-0.2, 0) is 0 Å². The van der Waals surface area contributed by atoms with Crippen LogP contribution >= 0.6 is 15.9 Å². The maximum atomic E-state index is 10.6. The lowest BCUT2D eigenvalue weighted by atomic mass is 10.2. The lowest BCUT2D eigenvalue weighted by molar-refractivity contribution is -0.384. The van der Waals surface area contributed by atoms with Crippen molar-refractivity contribution in [1.82, 2.24) is 9.97 Å². The molecule has 0 radical (unpaired) electrons. The molecule has 3 N–H and O–H groups in total. The van der Waals surface area contributed by atoms with Gasteiger partial charge in [-0.1, -0.05) is 18.2 Å². The molecule has 8 heteroatoms. The molecule has 112 valence electrons. The van der Waals surface area contributed by atoms with Crippen LogP contribution in [0, 0.1) is 10.1 Å². The molecule has 0 aliphatic heterocycles. The predicted octanol–water partition coefficient (Wildman–Crippen LogP) is 3.27. The zero-order valence-corrected chi connectivity index (χ0v) is 12.8. The largest absolute Gasteiger partial charge is 0.508 e. The summed E-state index contributed by atoms with van der Waals surface area (Å²) < 4.78 is 0.529. The van der Waals surface area contributed by atoms with Crippen molar-refractivity contribution in [2.45, 2.75) is 0 Å². The number of hydrogen-bond donors (Lipinski definition) is 2. The molecule has 0 spiro atoms. The van der Waals surface area contributed by atoms with Gasteiger partial charge in [0.15, 0.2) is 0 Å². The monoisotopic (exact) mass is 362 g/mol. The first-order valence-corrected chi connectivity index (χ1v) is 6.86. The highest BCUT2D eigenvalue weighted by Gasteiger charge is 2.12. The second-order valence-electron chi connectivity index (χ2n) is 4.18. The van der Waals surface area contributed by atoms with E-state index in [1.54, 1.807) is 24.3 Å². The average Bonchev–Trinajstić information content (AvgIpc) is 2.49. The molecular weight excluding hydrogens is 352 g/mol. The Morgan fingerprint density at radius 2 is 1.86 bits per heavy atom. The minimum Gasteiger partial charge on any atom is -0.508 e. The molecule has 0 saturated carbocycles. The first-order chi connectivity index (χ1) is 10.5. The summed E-state index contributed by atoms with van der Waals surface area (Å²) in [5, 5.41) is 19.7. The summed E-state index contributed by atoms with van der Waals surface area (Å²) in [4.78, 5) is 17.9. The molecular formula is C14H11BrN4O3. The van der Waals surface area contributed by atoms with Gasteiger partial charge >= 0.3 is 0 Å². The quantitative estimate of drug-likeness (QED) is 0.506. The van der Waals surface area contributed by atoms with Crippen molar-refractivity contribution in [3.05, 3.63) is 63.4 Å². The Bertz CT molecular complexity index is 812. The molecule has 0 aliphatic carbocycles. The van der Waals surface area contributed by atoms with Gasteiger partial charge in [0, 0.05) is 12.1 Å². The number of nitro benzene ring substituents is 1. The van der Waals surface area contributed by atoms with Gasteiger partial charge in [0.2, 0.25) is 0 Å². The Morgan fingerprint density at radius 3 is 2.41 bits per heavy atom. The molecule has 3 rings (SSSR count). The van der Waals surface area contributed by atoms with Crippen molar-refractivity contribution in [3.8, 4) is 5.75 Å². The van der Waals surface area contributed by atoms with Crippen LogP contribution in [0.2, 0.25) is 0 Å². The van der Waals surface area contributed by atoms with Crippen LogP contribution < -0.4 is 5.73 Å². The van der Waals surface area contributed by atoms with Gasteiger partial charge in [0.25, 0.3) is 5.69 Å². The van der Waals surface area contributed by atoms with Crippen LogP contribution in [0.1, 0.15) is 0 Å². The summed E-state index contributed by atoms with van der Waals surface area (Å²) in [7, 11) is 0. The standard InChI is InChI=1S/C8H5BrN4O2.C6H6O/c9-6-2-4(13(14)15)1-5-7(6)11-3-12-8(5)10;7-6-4-2-1-3-5-6/h1-3H,(H2,10,11,12);1-5,7H. The van der Waals surface area contributed by atoms with Crippen molar-refractivity contribution in [3.63, 3.8) is 0 Å². The number of nitro groups is 1. The van der Waals surface area contributed by atoms with Crippen LogP contribution in [0.4, 0.5) is 11.5 Å². The molecule has 0 saturated heterocycles. The Labute approximate surface area is 133 Å². The number of aromatic hydroxyl groups is 1. The maximum absolute atomic E-state index is 10.6. The molecule has 0 fully saturated rings. The van der Waals surface area contributed by atoms with E-state index in [1.165, 1.54) is 18.5 Å². The van der Waals surface area contributed by atoms with E-state index in [2.05, 4.69) is 25.9 Å². The molecule has 7 nitrogen and oxygen atoms in total. The number of non-ortho nitro benzene ring substituents is 1. The van der Waals surface area contributed by atoms with Gasteiger partial charge in [0.05, 0.1) is 20.3 Å². The summed E-state index contributed by atoms with van der Waals surface area (Å²) in [6, 6.07) is 11.5. The normalized spacial score (nSPS) is 9.86. The predicted molar refractivity (Wildman–Crippen MR) is 86.4 cm³/mol. The second-order valence-corrected chi connectivity index (χ2v) is 5.03. The van der Waals surface area contributed by atoms with Crippen LogP contribution in [-0.4, -0.2) is 20.0 Å². The number of aromatic nitrogens is 2. The molecule has 0 amide bonds. The minimum absolute atomic E-state index is 0.0455. The van der Waals surface area contributed by atoms with E-state index < -0.39 is 4.92 Å². The Kier molecular flexibility index (Phi) is 4.84. The van der Waals surface area contributed by atoms with E-state index in [1.807, 2.05) is 6.07 Å². The Morgan fingerprint density at radius 1 is 1.18 bits per heavy atom. The lowest BCUT2D eigenvalue weighted by Gasteiger charge is -2.01. The fourth-order valence-electron chi connectivity index (χ4n) is 1.66. The number of para-hydroxylation sites is 1. The number of phenolic OH excluding ortho intramolecular Hbond substituents is 1. The van der Waals surface area contributed by atoms with Crippen molar-refractivity contribution in [2.24, 2.45) is 0 Å². The van der Waals surface area contributed by atoms with Crippen LogP contribution in [0.25, 0.3) is 10.9 Å². The molecule has 22 heavy (non-hydrogen) atoms. The smallest absolute Gasteiger partial charge is 0.271 e. The summed E-state index contributed by atoms with van der Waals surface area (Å²) in [5.41, 5.74) is 6.12. The van der Waals surface area contributed by atoms with E-state index in [0.29, 0.717) is 21.1 Å². The van der Waals surface area contributed by atoms with E-state index in [-0.39, 0.29) is 11.5 Å². The molecule has 0 bridgehead atoms. The number of nitrogens with zero attached hydrogens (tertiary/aromatic N) is 3.